The number of hydrogen-bond acceptors (Lipinski definition) is 5. The zero-order valence-electron chi connectivity index (χ0n) is 11.6. The van der Waals surface area contributed by atoms with E-state index < -0.39 is 15.3 Å². The third-order valence-electron chi connectivity index (χ3n) is 2.75. The highest BCUT2D eigenvalue weighted by atomic mass is 32.2. The standard InChI is InChI=1S/C13H19NO4S/c1-13(2,12(15)18-3)9-14-10-5-7-11(8-6-10)19(4,16)17/h5-8,14H,9H2,1-4H3. The molecule has 6 heteroatoms. The summed E-state index contributed by atoms with van der Waals surface area (Å²) >= 11 is 0. The molecule has 0 unspecified atom stereocenters. The minimum Gasteiger partial charge on any atom is -0.469 e. The number of sulfone groups is 1. The maximum atomic E-state index is 11.5. The van der Waals surface area contributed by atoms with Crippen molar-refractivity contribution < 1.29 is 17.9 Å². The Labute approximate surface area is 113 Å². The Morgan fingerprint density at radius 3 is 2.21 bits per heavy atom. The van der Waals surface area contributed by atoms with E-state index in [1.165, 1.54) is 19.2 Å². The molecule has 5 nitrogen and oxygen atoms in total. The van der Waals surface area contributed by atoms with Crippen LogP contribution in [-0.4, -0.2) is 34.3 Å². The molecular formula is C13H19NO4S. The van der Waals surface area contributed by atoms with Crippen molar-refractivity contribution in [2.24, 2.45) is 5.41 Å². The smallest absolute Gasteiger partial charge is 0.313 e. The molecule has 0 amide bonds. The number of rotatable bonds is 5. The van der Waals surface area contributed by atoms with Gasteiger partial charge < -0.3 is 10.1 Å². The molecule has 19 heavy (non-hydrogen) atoms. The van der Waals surface area contributed by atoms with E-state index in [0.29, 0.717) is 6.54 Å². The Bertz CT molecular complexity index is 547. The second-order valence-corrected chi connectivity index (χ2v) is 7.04. The summed E-state index contributed by atoms with van der Waals surface area (Å²) in [4.78, 5) is 11.8. The lowest BCUT2D eigenvalue weighted by Gasteiger charge is -2.22. The van der Waals surface area contributed by atoms with Crippen molar-refractivity contribution in [3.8, 4) is 0 Å². The van der Waals surface area contributed by atoms with E-state index in [4.69, 9.17) is 4.74 Å². The zero-order valence-corrected chi connectivity index (χ0v) is 12.4. The van der Waals surface area contributed by atoms with E-state index in [-0.39, 0.29) is 10.9 Å². The summed E-state index contributed by atoms with van der Waals surface area (Å²) in [6.45, 7) is 3.95. The predicted octanol–water partition coefficient (Wildman–Crippen LogP) is 1.70. The van der Waals surface area contributed by atoms with E-state index in [1.807, 2.05) is 0 Å². The Balaban J connectivity index is 2.72. The van der Waals surface area contributed by atoms with E-state index >= 15 is 0 Å². The van der Waals surface area contributed by atoms with Crippen LogP contribution in [0, 0.1) is 5.41 Å². The van der Waals surface area contributed by atoms with Gasteiger partial charge in [0.2, 0.25) is 0 Å². The lowest BCUT2D eigenvalue weighted by Crippen LogP contribution is -2.33. The van der Waals surface area contributed by atoms with Gasteiger partial charge in [-0.2, -0.15) is 0 Å². The molecule has 0 aromatic heterocycles. The first kappa shape index (κ1) is 15.5. The van der Waals surface area contributed by atoms with Crippen molar-refractivity contribution in [2.75, 3.05) is 25.2 Å². The van der Waals surface area contributed by atoms with Crippen molar-refractivity contribution >= 4 is 21.5 Å². The Morgan fingerprint density at radius 1 is 1.26 bits per heavy atom. The van der Waals surface area contributed by atoms with Gasteiger partial charge in [-0.25, -0.2) is 8.42 Å². The summed E-state index contributed by atoms with van der Waals surface area (Å²) < 4.78 is 27.3. The molecule has 1 N–H and O–H groups in total. The molecule has 0 heterocycles. The van der Waals surface area contributed by atoms with Gasteiger partial charge in [0.15, 0.2) is 9.84 Å². The van der Waals surface area contributed by atoms with Gasteiger partial charge >= 0.3 is 5.97 Å². The number of carbonyl (C=O) groups excluding carboxylic acids is 1. The van der Waals surface area contributed by atoms with Crippen molar-refractivity contribution in [3.63, 3.8) is 0 Å². The van der Waals surface area contributed by atoms with Crippen LogP contribution < -0.4 is 5.32 Å². The highest BCUT2D eigenvalue weighted by molar-refractivity contribution is 7.90. The van der Waals surface area contributed by atoms with Crippen molar-refractivity contribution in [1.82, 2.24) is 0 Å². The van der Waals surface area contributed by atoms with Crippen LogP contribution in [0.4, 0.5) is 5.69 Å². The molecule has 1 aromatic carbocycles. The number of benzene rings is 1. The minimum atomic E-state index is -3.18. The third-order valence-corrected chi connectivity index (χ3v) is 3.88. The number of anilines is 1. The molecule has 1 rings (SSSR count). The van der Waals surface area contributed by atoms with Crippen LogP contribution >= 0.6 is 0 Å². The van der Waals surface area contributed by atoms with E-state index in [9.17, 15) is 13.2 Å². The van der Waals surface area contributed by atoms with Gasteiger partial charge in [-0.3, -0.25) is 4.79 Å². The second kappa shape index (κ2) is 5.61. The number of ether oxygens (including phenoxy) is 1. The Hall–Kier alpha value is -1.56. The summed E-state index contributed by atoms with van der Waals surface area (Å²) in [6.07, 6.45) is 1.16. The second-order valence-electron chi connectivity index (χ2n) is 5.03. The third kappa shape index (κ3) is 4.24. The lowest BCUT2D eigenvalue weighted by molar-refractivity contribution is -0.149. The fraction of sp³-hybridized carbons (Fsp3) is 0.462. The van der Waals surface area contributed by atoms with Gasteiger partial charge in [-0.05, 0) is 38.1 Å². The normalized spacial score (nSPS) is 12.0. The highest BCUT2D eigenvalue weighted by Gasteiger charge is 2.28. The maximum Gasteiger partial charge on any atom is 0.313 e. The fourth-order valence-corrected chi connectivity index (χ4v) is 2.12. The minimum absolute atomic E-state index is 0.269. The molecule has 0 bridgehead atoms. The number of methoxy groups -OCH3 is 1. The number of nitrogens with one attached hydrogen (secondary N) is 1. The number of carbonyl (C=O) groups is 1. The molecule has 0 spiro atoms. The van der Waals surface area contributed by atoms with E-state index in [1.54, 1.807) is 26.0 Å². The van der Waals surface area contributed by atoms with Gasteiger partial charge in [0, 0.05) is 18.5 Å². The van der Waals surface area contributed by atoms with Crippen LogP contribution in [0.1, 0.15) is 13.8 Å². The first-order valence-electron chi connectivity index (χ1n) is 5.79. The largest absolute Gasteiger partial charge is 0.469 e. The van der Waals surface area contributed by atoms with E-state index in [0.717, 1.165) is 11.9 Å². The topological polar surface area (TPSA) is 72.5 Å². The summed E-state index contributed by atoms with van der Waals surface area (Å²) in [5.74, 6) is -0.298. The average Bonchev–Trinajstić information content (AvgIpc) is 2.35. The van der Waals surface area contributed by atoms with Crippen molar-refractivity contribution in [1.29, 1.82) is 0 Å². The van der Waals surface area contributed by atoms with E-state index in [2.05, 4.69) is 5.32 Å². The molecule has 106 valence electrons. The summed E-state index contributed by atoms with van der Waals surface area (Å²) in [5.41, 5.74) is 0.105. The molecule has 0 radical (unpaired) electrons. The first-order chi connectivity index (χ1) is 8.66. The SMILES string of the molecule is COC(=O)C(C)(C)CNc1ccc(S(C)(=O)=O)cc1. The van der Waals surface area contributed by atoms with Crippen LogP contribution in [0.2, 0.25) is 0 Å². The van der Waals surface area contributed by atoms with Crippen LogP contribution in [0.25, 0.3) is 0 Å². The summed E-state index contributed by atoms with van der Waals surface area (Å²) in [7, 11) is -1.83. The molecule has 0 saturated heterocycles. The quantitative estimate of drug-likeness (QED) is 0.834. The van der Waals surface area contributed by atoms with Crippen LogP contribution in [-0.2, 0) is 19.4 Å². The molecular weight excluding hydrogens is 266 g/mol. The Kier molecular flexibility index (Phi) is 4.57. The highest BCUT2D eigenvalue weighted by Crippen LogP contribution is 2.19. The summed E-state index contributed by atoms with van der Waals surface area (Å²) in [6, 6.07) is 6.40. The monoisotopic (exact) mass is 285 g/mol. The molecule has 0 fully saturated rings. The van der Waals surface area contributed by atoms with Crippen LogP contribution in [0.15, 0.2) is 29.2 Å². The van der Waals surface area contributed by atoms with Gasteiger partial charge in [0.05, 0.1) is 17.4 Å². The maximum absolute atomic E-state index is 11.5. The van der Waals surface area contributed by atoms with Gasteiger partial charge in [0.25, 0.3) is 0 Å². The molecule has 0 aliphatic rings. The van der Waals surface area contributed by atoms with Crippen LogP contribution in [0.3, 0.4) is 0 Å². The predicted molar refractivity (Wildman–Crippen MR) is 73.8 cm³/mol. The lowest BCUT2D eigenvalue weighted by atomic mass is 9.93. The molecule has 0 aliphatic carbocycles. The van der Waals surface area contributed by atoms with Crippen molar-refractivity contribution in [3.05, 3.63) is 24.3 Å². The molecule has 0 atom stereocenters. The first-order valence-corrected chi connectivity index (χ1v) is 7.68. The average molecular weight is 285 g/mol. The zero-order chi connectivity index (χ0) is 14.7. The van der Waals surface area contributed by atoms with Gasteiger partial charge in [-0.1, -0.05) is 0 Å². The fourth-order valence-electron chi connectivity index (χ4n) is 1.49. The summed E-state index contributed by atoms with van der Waals surface area (Å²) in [5, 5.41) is 3.08. The van der Waals surface area contributed by atoms with Crippen LogP contribution in [0.5, 0.6) is 0 Å². The Morgan fingerprint density at radius 2 is 1.79 bits per heavy atom. The van der Waals surface area contributed by atoms with Gasteiger partial charge in [-0.15, -0.1) is 0 Å². The van der Waals surface area contributed by atoms with Gasteiger partial charge in [0.1, 0.15) is 0 Å². The number of esters is 1. The number of hydrogen-bond donors (Lipinski definition) is 1. The molecule has 1 aromatic rings. The van der Waals surface area contributed by atoms with Crippen molar-refractivity contribution in [2.45, 2.75) is 18.7 Å². The molecule has 0 saturated carbocycles. The molecule has 0 aliphatic heterocycles.